The number of phenolic OH excluding ortho intramolecular Hbond substituents is 1. The molecule has 0 bridgehead atoms. The molecule has 1 aromatic heterocycles. The van der Waals surface area contributed by atoms with E-state index in [0.717, 1.165) is 5.56 Å². The molecule has 4 nitrogen and oxygen atoms in total. The number of rotatable bonds is 3. The predicted molar refractivity (Wildman–Crippen MR) is 114 cm³/mol. The molecule has 0 spiro atoms. The van der Waals surface area contributed by atoms with E-state index >= 15 is 0 Å². The van der Waals surface area contributed by atoms with Gasteiger partial charge in [-0.1, -0.05) is 59.6 Å². The molecule has 0 saturated heterocycles. The van der Waals surface area contributed by atoms with Crippen LogP contribution < -0.4 is 5.56 Å². The van der Waals surface area contributed by atoms with Crippen LogP contribution in [0.1, 0.15) is 11.4 Å². The molecule has 0 fully saturated rings. The van der Waals surface area contributed by atoms with Crippen LogP contribution >= 0.6 is 23.2 Å². The number of aromatic hydroxyl groups is 1. The molecule has 0 aliphatic rings. The van der Waals surface area contributed by atoms with E-state index in [9.17, 15) is 9.90 Å². The Morgan fingerprint density at radius 2 is 1.54 bits per heavy atom. The summed E-state index contributed by atoms with van der Waals surface area (Å²) >= 11 is 12.7. The maximum Gasteiger partial charge on any atom is 0.266 e. The SMILES string of the molecule is O=c1c2ccccc2nc(C=Cc2ccc(O)cc2)n1-c1c(Cl)cccc1Cl. The molecule has 4 rings (SSSR count). The van der Waals surface area contributed by atoms with Gasteiger partial charge in [0.05, 0.1) is 26.6 Å². The summed E-state index contributed by atoms with van der Waals surface area (Å²) in [6.07, 6.45) is 3.52. The normalized spacial score (nSPS) is 11.4. The predicted octanol–water partition coefficient (Wildman–Crippen LogP) is 5.57. The Morgan fingerprint density at radius 3 is 2.25 bits per heavy atom. The Balaban J connectivity index is 1.99. The van der Waals surface area contributed by atoms with Gasteiger partial charge in [0.15, 0.2) is 0 Å². The van der Waals surface area contributed by atoms with Crippen molar-refractivity contribution >= 4 is 46.3 Å². The zero-order valence-corrected chi connectivity index (χ0v) is 16.0. The fourth-order valence-electron chi connectivity index (χ4n) is 2.94. The van der Waals surface area contributed by atoms with Gasteiger partial charge in [0.2, 0.25) is 0 Å². The van der Waals surface area contributed by atoms with Crippen LogP contribution in [-0.2, 0) is 0 Å². The Labute approximate surface area is 170 Å². The topological polar surface area (TPSA) is 55.1 Å². The van der Waals surface area contributed by atoms with Crippen LogP contribution in [0.3, 0.4) is 0 Å². The summed E-state index contributed by atoms with van der Waals surface area (Å²) in [7, 11) is 0. The largest absolute Gasteiger partial charge is 0.508 e. The minimum atomic E-state index is -0.258. The van der Waals surface area contributed by atoms with Crippen LogP contribution in [-0.4, -0.2) is 14.7 Å². The third kappa shape index (κ3) is 3.40. The standard InChI is InChI=1S/C22H14Cl2N2O2/c23-17-5-3-6-18(24)21(17)26-20(13-10-14-8-11-15(27)12-9-14)25-19-7-2-1-4-16(19)22(26)28/h1-13,27H. The van der Waals surface area contributed by atoms with Gasteiger partial charge in [-0.05, 0) is 48.0 Å². The van der Waals surface area contributed by atoms with E-state index in [1.165, 1.54) is 4.57 Å². The first-order chi connectivity index (χ1) is 13.5. The van der Waals surface area contributed by atoms with Crippen molar-refractivity contribution in [3.63, 3.8) is 0 Å². The molecule has 0 aliphatic heterocycles. The summed E-state index contributed by atoms with van der Waals surface area (Å²) in [4.78, 5) is 17.9. The van der Waals surface area contributed by atoms with Crippen molar-refractivity contribution in [2.75, 3.05) is 0 Å². The smallest absolute Gasteiger partial charge is 0.266 e. The van der Waals surface area contributed by atoms with Gasteiger partial charge in [-0.3, -0.25) is 9.36 Å². The highest BCUT2D eigenvalue weighted by Crippen LogP contribution is 2.29. The summed E-state index contributed by atoms with van der Waals surface area (Å²) in [5.74, 6) is 0.576. The molecule has 28 heavy (non-hydrogen) atoms. The summed E-state index contributed by atoms with van der Waals surface area (Å²) in [6.45, 7) is 0. The van der Waals surface area contributed by atoms with E-state index in [1.54, 1.807) is 72.8 Å². The van der Waals surface area contributed by atoms with Crippen LogP contribution in [0.25, 0.3) is 28.7 Å². The van der Waals surface area contributed by atoms with E-state index in [2.05, 4.69) is 4.98 Å². The van der Waals surface area contributed by atoms with Crippen molar-refractivity contribution in [3.05, 3.63) is 98.5 Å². The van der Waals surface area contributed by atoms with Gasteiger partial charge < -0.3 is 5.11 Å². The van der Waals surface area contributed by atoms with Crippen molar-refractivity contribution in [3.8, 4) is 11.4 Å². The van der Waals surface area contributed by atoms with Gasteiger partial charge in [0.25, 0.3) is 5.56 Å². The number of para-hydroxylation sites is 2. The number of hydrogen-bond donors (Lipinski definition) is 1. The molecule has 1 heterocycles. The lowest BCUT2D eigenvalue weighted by Crippen LogP contribution is -2.23. The van der Waals surface area contributed by atoms with Gasteiger partial charge in [-0.15, -0.1) is 0 Å². The zero-order valence-electron chi connectivity index (χ0n) is 14.5. The Bertz CT molecular complexity index is 1240. The number of nitrogens with zero attached hydrogens (tertiary/aromatic N) is 2. The molecule has 1 N–H and O–H groups in total. The monoisotopic (exact) mass is 408 g/mol. The molecule has 4 aromatic rings. The van der Waals surface area contributed by atoms with Gasteiger partial charge in [0, 0.05) is 0 Å². The van der Waals surface area contributed by atoms with Crippen LogP contribution in [0, 0.1) is 0 Å². The van der Waals surface area contributed by atoms with E-state index in [0.29, 0.717) is 32.5 Å². The summed E-state index contributed by atoms with van der Waals surface area (Å²) in [5, 5.41) is 10.6. The quantitative estimate of drug-likeness (QED) is 0.482. The highest BCUT2D eigenvalue weighted by molar-refractivity contribution is 6.37. The first-order valence-corrected chi connectivity index (χ1v) is 9.23. The van der Waals surface area contributed by atoms with Crippen LogP contribution in [0.4, 0.5) is 0 Å². The maximum atomic E-state index is 13.2. The molecule has 0 aliphatic carbocycles. The van der Waals surface area contributed by atoms with E-state index in [1.807, 2.05) is 6.07 Å². The number of benzene rings is 3. The molecule has 0 saturated carbocycles. The molecule has 138 valence electrons. The van der Waals surface area contributed by atoms with Gasteiger partial charge in [0.1, 0.15) is 11.6 Å². The van der Waals surface area contributed by atoms with Crippen LogP contribution in [0.5, 0.6) is 5.75 Å². The van der Waals surface area contributed by atoms with Crippen LogP contribution in [0.2, 0.25) is 10.0 Å². The van der Waals surface area contributed by atoms with Gasteiger partial charge in [-0.2, -0.15) is 0 Å². The van der Waals surface area contributed by atoms with Crippen molar-refractivity contribution in [2.45, 2.75) is 0 Å². The Hall–Kier alpha value is -3.08. The fourth-order valence-corrected chi connectivity index (χ4v) is 3.50. The minimum Gasteiger partial charge on any atom is -0.508 e. The number of halogens is 2. The minimum absolute atomic E-state index is 0.181. The summed E-state index contributed by atoms with van der Waals surface area (Å²) in [5.41, 5.74) is 1.56. The average Bonchev–Trinajstić information content (AvgIpc) is 2.69. The van der Waals surface area contributed by atoms with Crippen molar-refractivity contribution in [1.82, 2.24) is 9.55 Å². The molecule has 0 amide bonds. The highest BCUT2D eigenvalue weighted by Gasteiger charge is 2.16. The van der Waals surface area contributed by atoms with E-state index in [4.69, 9.17) is 23.2 Å². The number of aromatic nitrogens is 2. The van der Waals surface area contributed by atoms with Gasteiger partial charge in [-0.25, -0.2) is 4.98 Å². The van der Waals surface area contributed by atoms with E-state index < -0.39 is 0 Å². The third-order valence-electron chi connectivity index (χ3n) is 4.28. The van der Waals surface area contributed by atoms with Gasteiger partial charge >= 0.3 is 0 Å². The molecular formula is C22H14Cl2N2O2. The van der Waals surface area contributed by atoms with Crippen molar-refractivity contribution in [1.29, 1.82) is 0 Å². The van der Waals surface area contributed by atoms with Crippen LogP contribution in [0.15, 0.2) is 71.5 Å². The molecule has 0 atom stereocenters. The second-order valence-electron chi connectivity index (χ2n) is 6.12. The lowest BCUT2D eigenvalue weighted by Gasteiger charge is -2.14. The third-order valence-corrected chi connectivity index (χ3v) is 4.89. The molecular weight excluding hydrogens is 395 g/mol. The summed E-state index contributed by atoms with van der Waals surface area (Å²) < 4.78 is 1.42. The maximum absolute atomic E-state index is 13.2. The molecule has 0 radical (unpaired) electrons. The lowest BCUT2D eigenvalue weighted by atomic mass is 10.2. The molecule has 3 aromatic carbocycles. The van der Waals surface area contributed by atoms with E-state index in [-0.39, 0.29) is 11.3 Å². The number of phenols is 1. The molecule has 6 heteroatoms. The Kier molecular flexibility index (Phi) is 4.90. The first-order valence-electron chi connectivity index (χ1n) is 8.48. The zero-order chi connectivity index (χ0) is 19.7. The number of hydrogen-bond acceptors (Lipinski definition) is 3. The second-order valence-corrected chi connectivity index (χ2v) is 6.94. The second kappa shape index (κ2) is 7.50. The fraction of sp³-hybridized carbons (Fsp3) is 0. The lowest BCUT2D eigenvalue weighted by molar-refractivity contribution is 0.475. The first kappa shape index (κ1) is 18.3. The van der Waals surface area contributed by atoms with Crippen molar-refractivity contribution in [2.24, 2.45) is 0 Å². The Morgan fingerprint density at radius 1 is 0.857 bits per heavy atom. The highest BCUT2D eigenvalue weighted by atomic mass is 35.5. The average molecular weight is 409 g/mol. The van der Waals surface area contributed by atoms with Crippen molar-refractivity contribution < 1.29 is 5.11 Å². The number of fused-ring (bicyclic) bond motifs is 1. The molecule has 0 unspecified atom stereocenters. The summed E-state index contributed by atoms with van der Waals surface area (Å²) in [6, 6.07) is 18.9.